The molecule has 3 heterocycles. The van der Waals surface area contributed by atoms with E-state index in [4.69, 9.17) is 4.74 Å². The average molecular weight is 444 g/mol. The molecule has 2 aromatic heterocycles. The minimum absolute atomic E-state index is 0.0842. The fourth-order valence-electron chi connectivity index (χ4n) is 4.10. The van der Waals surface area contributed by atoms with Crippen molar-refractivity contribution < 1.29 is 9.53 Å². The van der Waals surface area contributed by atoms with Gasteiger partial charge in [0.1, 0.15) is 17.9 Å². The number of carbonyl (C=O) groups excluding carboxylic acids is 1. The van der Waals surface area contributed by atoms with Crippen molar-refractivity contribution in [2.75, 3.05) is 43.5 Å². The first-order valence-corrected chi connectivity index (χ1v) is 10.9. The minimum atomic E-state index is -0.0842. The second kappa shape index (κ2) is 9.15. The summed E-state index contributed by atoms with van der Waals surface area (Å²) in [5, 5.41) is 7.42. The Balaban J connectivity index is 1.41. The van der Waals surface area contributed by atoms with E-state index < -0.39 is 0 Å². The van der Waals surface area contributed by atoms with Crippen molar-refractivity contribution in [3.8, 4) is 16.9 Å². The van der Waals surface area contributed by atoms with E-state index in [2.05, 4.69) is 25.3 Å². The molecule has 1 aliphatic heterocycles. The van der Waals surface area contributed by atoms with Crippen LogP contribution in [0.2, 0.25) is 0 Å². The minimum Gasteiger partial charge on any atom is -0.497 e. The van der Waals surface area contributed by atoms with Gasteiger partial charge in [-0.2, -0.15) is 14.6 Å². The van der Waals surface area contributed by atoms with E-state index in [1.165, 1.54) is 6.33 Å². The van der Waals surface area contributed by atoms with Gasteiger partial charge in [0.2, 0.25) is 0 Å². The summed E-state index contributed by atoms with van der Waals surface area (Å²) in [5.74, 6) is 2.27. The van der Waals surface area contributed by atoms with E-state index in [-0.39, 0.29) is 6.03 Å². The first-order chi connectivity index (χ1) is 16.2. The first kappa shape index (κ1) is 20.7. The van der Waals surface area contributed by atoms with Crippen LogP contribution >= 0.6 is 0 Å². The van der Waals surface area contributed by atoms with E-state index in [0.29, 0.717) is 25.4 Å². The average Bonchev–Trinajstić information content (AvgIpc) is 3.20. The standard InChI is InChI=1S/C24H25N7O2/c1-33-20-10-8-18(9-11-20)21-16-25-23-26-17-27-31(23)22(21)29-12-5-13-30(15-14-29)24(32)28-19-6-3-2-4-7-19/h2-4,6-11,16-17H,5,12-15H2,1H3,(H,28,32). The number of aromatic nitrogens is 4. The maximum Gasteiger partial charge on any atom is 0.321 e. The number of urea groups is 1. The molecule has 0 radical (unpaired) electrons. The van der Waals surface area contributed by atoms with Crippen LogP contribution in [0.4, 0.5) is 16.3 Å². The lowest BCUT2D eigenvalue weighted by atomic mass is 10.1. The molecule has 0 spiro atoms. The number of methoxy groups -OCH3 is 1. The highest BCUT2D eigenvalue weighted by Gasteiger charge is 2.24. The van der Waals surface area contributed by atoms with Gasteiger partial charge in [0.15, 0.2) is 0 Å². The Morgan fingerprint density at radius 2 is 1.79 bits per heavy atom. The maximum atomic E-state index is 12.8. The zero-order chi connectivity index (χ0) is 22.6. The van der Waals surface area contributed by atoms with Gasteiger partial charge >= 0.3 is 6.03 Å². The third kappa shape index (κ3) is 4.30. The highest BCUT2D eigenvalue weighted by molar-refractivity contribution is 5.89. The summed E-state index contributed by atoms with van der Waals surface area (Å²) in [7, 11) is 1.65. The summed E-state index contributed by atoms with van der Waals surface area (Å²) in [5.41, 5.74) is 2.76. The van der Waals surface area contributed by atoms with E-state index >= 15 is 0 Å². The molecular weight excluding hydrogens is 418 g/mol. The number of ether oxygens (including phenoxy) is 1. The second-order valence-corrected chi connectivity index (χ2v) is 7.82. The van der Waals surface area contributed by atoms with E-state index in [9.17, 15) is 4.79 Å². The zero-order valence-corrected chi connectivity index (χ0v) is 18.4. The van der Waals surface area contributed by atoms with Crippen molar-refractivity contribution in [1.82, 2.24) is 24.5 Å². The molecule has 0 bridgehead atoms. The number of para-hydroxylation sites is 1. The number of anilines is 2. The molecule has 4 aromatic rings. The quantitative estimate of drug-likeness (QED) is 0.519. The Hall–Kier alpha value is -4.14. The van der Waals surface area contributed by atoms with Crippen LogP contribution in [-0.2, 0) is 0 Å². The Kier molecular flexibility index (Phi) is 5.75. The molecule has 5 rings (SSSR count). The normalized spacial score (nSPS) is 14.2. The van der Waals surface area contributed by atoms with Gasteiger partial charge < -0.3 is 19.9 Å². The number of hydrogen-bond acceptors (Lipinski definition) is 6. The van der Waals surface area contributed by atoms with Crippen molar-refractivity contribution in [1.29, 1.82) is 0 Å². The number of nitrogens with zero attached hydrogens (tertiary/aromatic N) is 6. The molecule has 0 saturated carbocycles. The van der Waals surface area contributed by atoms with Crippen LogP contribution in [0.15, 0.2) is 67.1 Å². The number of nitrogens with one attached hydrogen (secondary N) is 1. The van der Waals surface area contributed by atoms with Gasteiger partial charge in [-0.3, -0.25) is 0 Å². The third-order valence-electron chi connectivity index (χ3n) is 5.79. The summed E-state index contributed by atoms with van der Waals surface area (Å²) >= 11 is 0. The van der Waals surface area contributed by atoms with Gasteiger partial charge in [0, 0.05) is 43.6 Å². The molecule has 0 atom stereocenters. The number of carbonyl (C=O) groups is 1. The van der Waals surface area contributed by atoms with Crippen LogP contribution in [0.1, 0.15) is 6.42 Å². The summed E-state index contributed by atoms with van der Waals surface area (Å²) in [6.07, 6.45) is 4.19. The van der Waals surface area contributed by atoms with Gasteiger partial charge in [-0.15, -0.1) is 0 Å². The lowest BCUT2D eigenvalue weighted by molar-refractivity contribution is 0.215. The molecule has 0 aliphatic carbocycles. The van der Waals surface area contributed by atoms with Crippen LogP contribution < -0.4 is 15.0 Å². The summed E-state index contributed by atoms with van der Waals surface area (Å²) in [6, 6.07) is 17.3. The number of amides is 2. The Morgan fingerprint density at radius 3 is 2.58 bits per heavy atom. The molecule has 9 nitrogen and oxygen atoms in total. The largest absolute Gasteiger partial charge is 0.497 e. The van der Waals surface area contributed by atoms with Gasteiger partial charge in [-0.25, -0.2) is 9.78 Å². The zero-order valence-electron chi connectivity index (χ0n) is 18.4. The molecule has 1 fully saturated rings. The van der Waals surface area contributed by atoms with Crippen molar-refractivity contribution in [2.45, 2.75) is 6.42 Å². The lowest BCUT2D eigenvalue weighted by Gasteiger charge is -2.26. The van der Waals surface area contributed by atoms with Crippen LogP contribution in [0.3, 0.4) is 0 Å². The summed E-state index contributed by atoms with van der Waals surface area (Å²) < 4.78 is 7.08. The van der Waals surface area contributed by atoms with Crippen molar-refractivity contribution in [3.63, 3.8) is 0 Å². The third-order valence-corrected chi connectivity index (χ3v) is 5.79. The van der Waals surface area contributed by atoms with Crippen molar-refractivity contribution >= 4 is 23.3 Å². The van der Waals surface area contributed by atoms with Gasteiger partial charge in [0.25, 0.3) is 5.78 Å². The molecule has 2 aromatic carbocycles. The van der Waals surface area contributed by atoms with E-state index in [1.807, 2.05) is 65.7 Å². The second-order valence-electron chi connectivity index (χ2n) is 7.82. The summed E-state index contributed by atoms with van der Waals surface area (Å²) in [6.45, 7) is 2.74. The molecule has 0 unspecified atom stereocenters. The molecule has 1 N–H and O–H groups in total. The maximum absolute atomic E-state index is 12.8. The highest BCUT2D eigenvalue weighted by atomic mass is 16.5. The number of rotatable bonds is 4. The molecular formula is C24H25N7O2. The molecule has 168 valence electrons. The topological polar surface area (TPSA) is 87.9 Å². The number of hydrogen-bond donors (Lipinski definition) is 1. The fourth-order valence-corrected chi connectivity index (χ4v) is 4.10. The highest BCUT2D eigenvalue weighted by Crippen LogP contribution is 2.32. The van der Waals surface area contributed by atoms with Crippen LogP contribution in [0.25, 0.3) is 16.9 Å². The Labute approximate surface area is 191 Å². The van der Waals surface area contributed by atoms with Gasteiger partial charge in [-0.1, -0.05) is 30.3 Å². The number of fused-ring (bicyclic) bond motifs is 1. The van der Waals surface area contributed by atoms with Crippen molar-refractivity contribution in [2.24, 2.45) is 0 Å². The van der Waals surface area contributed by atoms with Crippen LogP contribution in [-0.4, -0.2) is 63.8 Å². The fraction of sp³-hybridized carbons (Fsp3) is 0.250. The Bertz CT molecular complexity index is 1240. The van der Waals surface area contributed by atoms with Crippen LogP contribution in [0.5, 0.6) is 5.75 Å². The first-order valence-electron chi connectivity index (χ1n) is 10.9. The SMILES string of the molecule is COc1ccc(-c2cnc3ncnn3c2N2CCCN(C(=O)Nc3ccccc3)CC2)cc1. The number of benzene rings is 2. The molecule has 1 saturated heterocycles. The Morgan fingerprint density at radius 1 is 0.970 bits per heavy atom. The van der Waals surface area contributed by atoms with E-state index in [1.54, 1.807) is 11.6 Å². The molecule has 2 amide bonds. The smallest absolute Gasteiger partial charge is 0.321 e. The van der Waals surface area contributed by atoms with Gasteiger partial charge in [-0.05, 0) is 36.2 Å². The molecule has 1 aliphatic rings. The predicted octanol–water partition coefficient (Wildman–Crippen LogP) is 3.54. The lowest BCUT2D eigenvalue weighted by Crippen LogP contribution is -2.38. The van der Waals surface area contributed by atoms with Crippen LogP contribution in [0, 0.1) is 0 Å². The van der Waals surface area contributed by atoms with Crippen molar-refractivity contribution in [3.05, 3.63) is 67.1 Å². The van der Waals surface area contributed by atoms with E-state index in [0.717, 1.165) is 41.3 Å². The monoisotopic (exact) mass is 443 g/mol. The summed E-state index contributed by atoms with van der Waals surface area (Å²) in [4.78, 5) is 25.7. The van der Waals surface area contributed by atoms with Gasteiger partial charge in [0.05, 0.1) is 7.11 Å². The molecule has 9 heteroatoms. The predicted molar refractivity (Wildman–Crippen MR) is 127 cm³/mol. The molecule has 33 heavy (non-hydrogen) atoms.